The zero-order chi connectivity index (χ0) is 16.9. The van der Waals surface area contributed by atoms with E-state index >= 15 is 0 Å². The van der Waals surface area contributed by atoms with Crippen molar-refractivity contribution < 1.29 is 9.90 Å². The first-order valence-corrected chi connectivity index (χ1v) is 8.20. The predicted octanol–water partition coefficient (Wildman–Crippen LogP) is 4.86. The molecule has 0 saturated heterocycles. The smallest absolute Gasteiger partial charge is 0.303 e. The Hall–Kier alpha value is -2.29. The number of carbonyl (C=O) groups is 1. The first-order valence-electron chi connectivity index (χ1n) is 8.20. The van der Waals surface area contributed by atoms with Crippen LogP contribution in [0.5, 0.6) is 0 Å². The van der Waals surface area contributed by atoms with Crippen molar-refractivity contribution in [2.45, 2.75) is 44.9 Å². The SMILES string of the molecule is CCC(CC)(CCC(=O)O)c1ccccc1-c1ccccc1N. The fourth-order valence-electron chi connectivity index (χ4n) is 3.39. The van der Waals surface area contributed by atoms with Crippen molar-refractivity contribution in [1.29, 1.82) is 0 Å². The summed E-state index contributed by atoms with van der Waals surface area (Å²) in [6.45, 7) is 4.27. The Morgan fingerprint density at radius 3 is 2.13 bits per heavy atom. The van der Waals surface area contributed by atoms with Gasteiger partial charge in [0, 0.05) is 17.7 Å². The molecule has 122 valence electrons. The molecular weight excluding hydrogens is 286 g/mol. The summed E-state index contributed by atoms with van der Waals surface area (Å²) in [5.74, 6) is -0.743. The number of nitrogen functional groups attached to an aromatic ring is 1. The molecule has 2 aromatic rings. The van der Waals surface area contributed by atoms with Crippen LogP contribution in [0.2, 0.25) is 0 Å². The summed E-state index contributed by atoms with van der Waals surface area (Å²) in [4.78, 5) is 11.1. The highest BCUT2D eigenvalue weighted by molar-refractivity contribution is 5.79. The Morgan fingerprint density at radius 2 is 1.57 bits per heavy atom. The second-order valence-corrected chi connectivity index (χ2v) is 6.01. The lowest BCUT2D eigenvalue weighted by Gasteiger charge is -2.34. The van der Waals surface area contributed by atoms with Crippen LogP contribution in [0.4, 0.5) is 5.69 Å². The number of aliphatic carboxylic acids is 1. The maximum Gasteiger partial charge on any atom is 0.303 e. The summed E-state index contributed by atoms with van der Waals surface area (Å²) in [7, 11) is 0. The standard InChI is InChI=1S/C20H25NO2/c1-3-20(4-2,14-13-19(22)23)17-11-7-5-9-15(17)16-10-6-8-12-18(16)21/h5-12H,3-4,13-14,21H2,1-2H3,(H,22,23). The maximum absolute atomic E-state index is 11.1. The molecule has 0 spiro atoms. The van der Waals surface area contributed by atoms with Gasteiger partial charge in [-0.25, -0.2) is 0 Å². The van der Waals surface area contributed by atoms with E-state index in [9.17, 15) is 4.79 Å². The average Bonchev–Trinajstić information content (AvgIpc) is 2.57. The fraction of sp³-hybridized carbons (Fsp3) is 0.350. The third-order valence-corrected chi connectivity index (χ3v) is 4.92. The summed E-state index contributed by atoms with van der Waals surface area (Å²) >= 11 is 0. The average molecular weight is 311 g/mol. The maximum atomic E-state index is 11.1. The summed E-state index contributed by atoms with van der Waals surface area (Å²) in [5.41, 5.74) is 10.1. The highest BCUT2D eigenvalue weighted by Crippen LogP contribution is 2.42. The number of benzene rings is 2. The number of carboxylic acids is 1. The number of rotatable bonds is 7. The van der Waals surface area contributed by atoms with Gasteiger partial charge in [0.2, 0.25) is 0 Å². The lowest BCUT2D eigenvalue weighted by atomic mass is 9.70. The topological polar surface area (TPSA) is 63.3 Å². The summed E-state index contributed by atoms with van der Waals surface area (Å²) in [6, 6.07) is 16.1. The molecule has 3 nitrogen and oxygen atoms in total. The van der Waals surface area contributed by atoms with E-state index in [1.165, 1.54) is 5.56 Å². The van der Waals surface area contributed by atoms with Crippen LogP contribution in [-0.4, -0.2) is 11.1 Å². The first-order chi connectivity index (χ1) is 11.0. The highest BCUT2D eigenvalue weighted by Gasteiger charge is 2.31. The van der Waals surface area contributed by atoms with E-state index in [2.05, 4.69) is 26.0 Å². The molecule has 0 aliphatic rings. The van der Waals surface area contributed by atoms with Crippen molar-refractivity contribution in [3.05, 3.63) is 54.1 Å². The molecule has 0 aliphatic heterocycles. The fourth-order valence-corrected chi connectivity index (χ4v) is 3.39. The summed E-state index contributed by atoms with van der Waals surface area (Å²) in [5, 5.41) is 9.13. The normalized spacial score (nSPS) is 11.4. The molecule has 3 N–H and O–H groups in total. The van der Waals surface area contributed by atoms with Crippen LogP contribution in [0.25, 0.3) is 11.1 Å². The lowest BCUT2D eigenvalue weighted by molar-refractivity contribution is -0.137. The Morgan fingerprint density at radius 1 is 1.00 bits per heavy atom. The molecule has 2 aromatic carbocycles. The lowest BCUT2D eigenvalue weighted by Crippen LogP contribution is -2.26. The minimum Gasteiger partial charge on any atom is -0.481 e. The Labute approximate surface area is 138 Å². The number of para-hydroxylation sites is 1. The van der Waals surface area contributed by atoms with Gasteiger partial charge >= 0.3 is 5.97 Å². The van der Waals surface area contributed by atoms with Gasteiger partial charge in [-0.05, 0) is 41.9 Å². The van der Waals surface area contributed by atoms with Gasteiger partial charge in [-0.3, -0.25) is 4.79 Å². The van der Waals surface area contributed by atoms with Crippen LogP contribution in [0, 0.1) is 0 Å². The third kappa shape index (κ3) is 3.55. The van der Waals surface area contributed by atoms with E-state index in [0.717, 1.165) is 29.7 Å². The molecule has 0 radical (unpaired) electrons. The summed E-state index contributed by atoms with van der Waals surface area (Å²) in [6.07, 6.45) is 2.63. The minimum atomic E-state index is -0.743. The quantitative estimate of drug-likeness (QED) is 0.718. The highest BCUT2D eigenvalue weighted by atomic mass is 16.4. The van der Waals surface area contributed by atoms with Crippen molar-refractivity contribution in [1.82, 2.24) is 0 Å². The van der Waals surface area contributed by atoms with Gasteiger partial charge in [0.15, 0.2) is 0 Å². The molecule has 0 aromatic heterocycles. The van der Waals surface area contributed by atoms with Gasteiger partial charge in [0.1, 0.15) is 0 Å². The molecular formula is C20H25NO2. The Kier molecular flexibility index (Phi) is 5.43. The molecule has 0 heterocycles. The molecule has 0 unspecified atom stereocenters. The molecule has 0 amide bonds. The monoisotopic (exact) mass is 311 g/mol. The van der Waals surface area contributed by atoms with Crippen molar-refractivity contribution >= 4 is 11.7 Å². The van der Waals surface area contributed by atoms with E-state index in [0.29, 0.717) is 6.42 Å². The first kappa shape index (κ1) is 17.1. The van der Waals surface area contributed by atoms with Gasteiger partial charge in [-0.15, -0.1) is 0 Å². The molecule has 0 saturated carbocycles. The Bertz CT molecular complexity index is 675. The van der Waals surface area contributed by atoms with Crippen LogP contribution in [-0.2, 0) is 10.2 Å². The van der Waals surface area contributed by atoms with E-state index in [1.54, 1.807) is 0 Å². The third-order valence-electron chi connectivity index (χ3n) is 4.92. The zero-order valence-electron chi connectivity index (χ0n) is 13.9. The van der Waals surface area contributed by atoms with Crippen LogP contribution >= 0.6 is 0 Å². The van der Waals surface area contributed by atoms with E-state index in [1.807, 2.05) is 36.4 Å². The van der Waals surface area contributed by atoms with Crippen LogP contribution in [0.3, 0.4) is 0 Å². The molecule has 23 heavy (non-hydrogen) atoms. The van der Waals surface area contributed by atoms with Crippen LogP contribution in [0.15, 0.2) is 48.5 Å². The molecule has 0 fully saturated rings. The van der Waals surface area contributed by atoms with Crippen LogP contribution in [0.1, 0.15) is 45.1 Å². The van der Waals surface area contributed by atoms with Gasteiger partial charge in [0.05, 0.1) is 0 Å². The van der Waals surface area contributed by atoms with Gasteiger partial charge in [-0.1, -0.05) is 56.3 Å². The zero-order valence-corrected chi connectivity index (χ0v) is 13.9. The molecule has 2 rings (SSSR count). The van der Waals surface area contributed by atoms with Gasteiger partial charge < -0.3 is 10.8 Å². The number of nitrogens with two attached hydrogens (primary N) is 1. The number of hydrogen-bond acceptors (Lipinski definition) is 2. The van der Waals surface area contributed by atoms with E-state index in [4.69, 9.17) is 10.8 Å². The van der Waals surface area contributed by atoms with Crippen molar-refractivity contribution in [2.75, 3.05) is 5.73 Å². The number of carboxylic acid groups (broad SMARTS) is 1. The second-order valence-electron chi connectivity index (χ2n) is 6.01. The van der Waals surface area contributed by atoms with E-state index < -0.39 is 5.97 Å². The van der Waals surface area contributed by atoms with Crippen molar-refractivity contribution in [3.63, 3.8) is 0 Å². The minimum absolute atomic E-state index is 0.142. The molecule has 0 aliphatic carbocycles. The van der Waals surface area contributed by atoms with Crippen molar-refractivity contribution in [2.24, 2.45) is 0 Å². The number of anilines is 1. The predicted molar refractivity (Wildman–Crippen MR) is 95.4 cm³/mol. The van der Waals surface area contributed by atoms with E-state index in [-0.39, 0.29) is 11.8 Å². The van der Waals surface area contributed by atoms with Crippen LogP contribution < -0.4 is 5.73 Å². The van der Waals surface area contributed by atoms with Gasteiger partial charge in [0.25, 0.3) is 0 Å². The molecule has 0 bridgehead atoms. The Balaban J connectivity index is 2.57. The number of hydrogen-bond donors (Lipinski definition) is 2. The second kappa shape index (κ2) is 7.32. The molecule has 0 atom stereocenters. The largest absolute Gasteiger partial charge is 0.481 e. The van der Waals surface area contributed by atoms with Gasteiger partial charge in [-0.2, -0.15) is 0 Å². The summed E-state index contributed by atoms with van der Waals surface area (Å²) < 4.78 is 0. The molecule has 3 heteroatoms. The van der Waals surface area contributed by atoms with Crippen molar-refractivity contribution in [3.8, 4) is 11.1 Å².